The zero-order valence-corrected chi connectivity index (χ0v) is 11.3. The number of nitrogens with two attached hydrogens (primary N) is 1. The van der Waals surface area contributed by atoms with Crippen molar-refractivity contribution in [1.29, 1.82) is 0 Å². The molecule has 0 bridgehead atoms. The van der Waals surface area contributed by atoms with Crippen molar-refractivity contribution < 1.29 is 9.53 Å². The van der Waals surface area contributed by atoms with Crippen LogP contribution in [0.15, 0.2) is 36.5 Å². The number of pyridine rings is 1. The Hall–Kier alpha value is -2.27. The van der Waals surface area contributed by atoms with E-state index in [1.165, 1.54) is 4.09 Å². The van der Waals surface area contributed by atoms with Crippen molar-refractivity contribution in [3.63, 3.8) is 0 Å². The summed E-state index contributed by atoms with van der Waals surface area (Å²) >= 11 is 6.24. The number of fused-ring (bicyclic) bond motifs is 3. The van der Waals surface area contributed by atoms with E-state index in [-0.39, 0.29) is 18.9 Å². The van der Waals surface area contributed by atoms with Crippen LogP contribution in [0.3, 0.4) is 0 Å². The molecule has 0 unspecified atom stereocenters. The van der Waals surface area contributed by atoms with Crippen LogP contribution in [0.25, 0.3) is 21.9 Å². The summed E-state index contributed by atoms with van der Waals surface area (Å²) in [6.45, 7) is 0.263. The molecule has 0 aliphatic carbocycles. The van der Waals surface area contributed by atoms with Gasteiger partial charge in [0, 0.05) is 28.7 Å². The van der Waals surface area contributed by atoms with Gasteiger partial charge < -0.3 is 10.5 Å². The molecule has 0 spiro atoms. The van der Waals surface area contributed by atoms with Gasteiger partial charge in [-0.05, 0) is 30.3 Å². The number of carbonyl (C=O) groups excluding carboxylic acids is 1. The Kier molecular flexibility index (Phi) is 3.20. The third kappa shape index (κ3) is 2.16. The summed E-state index contributed by atoms with van der Waals surface area (Å²) in [5.74, 6) is 0.291. The van der Waals surface area contributed by atoms with Crippen molar-refractivity contribution >= 4 is 39.6 Å². The molecule has 0 aliphatic heterocycles. The SMILES string of the molecule is NC(=O)CCOc1ccc2c(c1)c1cccnc1n2Cl. The van der Waals surface area contributed by atoms with E-state index in [9.17, 15) is 4.79 Å². The Bertz CT molecular complexity index is 798. The van der Waals surface area contributed by atoms with Crippen LogP contribution >= 0.6 is 11.8 Å². The van der Waals surface area contributed by atoms with Crippen molar-refractivity contribution in [3.05, 3.63) is 36.5 Å². The molecule has 0 atom stereocenters. The highest BCUT2D eigenvalue weighted by molar-refractivity contribution is 6.25. The molecule has 20 heavy (non-hydrogen) atoms. The van der Waals surface area contributed by atoms with Crippen LogP contribution in [0.4, 0.5) is 0 Å². The highest BCUT2D eigenvalue weighted by Gasteiger charge is 2.11. The predicted molar refractivity (Wildman–Crippen MR) is 77.8 cm³/mol. The lowest BCUT2D eigenvalue weighted by Crippen LogP contribution is -2.14. The summed E-state index contributed by atoms with van der Waals surface area (Å²) in [5.41, 5.74) is 6.65. The molecule has 0 saturated heterocycles. The van der Waals surface area contributed by atoms with Gasteiger partial charge in [-0.25, -0.2) is 9.07 Å². The number of rotatable bonds is 4. The second-order valence-corrected chi connectivity index (χ2v) is 4.74. The van der Waals surface area contributed by atoms with Crippen LogP contribution in [-0.4, -0.2) is 21.6 Å². The lowest BCUT2D eigenvalue weighted by atomic mass is 10.2. The van der Waals surface area contributed by atoms with Crippen LogP contribution < -0.4 is 10.5 Å². The number of aromatic nitrogens is 2. The van der Waals surface area contributed by atoms with Gasteiger partial charge in [-0.3, -0.25) is 4.79 Å². The molecular weight excluding hydrogens is 278 g/mol. The minimum Gasteiger partial charge on any atom is -0.493 e. The average Bonchev–Trinajstić information content (AvgIpc) is 2.73. The maximum atomic E-state index is 10.7. The Morgan fingerprint density at radius 2 is 2.20 bits per heavy atom. The van der Waals surface area contributed by atoms with E-state index in [1.807, 2.05) is 24.3 Å². The van der Waals surface area contributed by atoms with E-state index < -0.39 is 0 Å². The van der Waals surface area contributed by atoms with Crippen molar-refractivity contribution in [1.82, 2.24) is 9.07 Å². The molecule has 3 aromatic rings. The van der Waals surface area contributed by atoms with Gasteiger partial charge in [-0.15, -0.1) is 0 Å². The molecule has 0 aliphatic rings. The van der Waals surface area contributed by atoms with Crippen LogP contribution in [-0.2, 0) is 4.79 Å². The monoisotopic (exact) mass is 289 g/mol. The molecule has 0 fully saturated rings. The summed E-state index contributed by atoms with van der Waals surface area (Å²) in [4.78, 5) is 15.0. The van der Waals surface area contributed by atoms with Gasteiger partial charge in [-0.2, -0.15) is 0 Å². The normalized spacial score (nSPS) is 11.1. The van der Waals surface area contributed by atoms with Crippen LogP contribution in [0.2, 0.25) is 0 Å². The summed E-state index contributed by atoms with van der Waals surface area (Å²) in [6, 6.07) is 9.37. The topological polar surface area (TPSA) is 70.1 Å². The summed E-state index contributed by atoms with van der Waals surface area (Å²) in [6.07, 6.45) is 1.89. The molecule has 2 N–H and O–H groups in total. The zero-order valence-electron chi connectivity index (χ0n) is 10.5. The third-order valence-corrected chi connectivity index (χ3v) is 3.40. The molecule has 5 nitrogen and oxygen atoms in total. The van der Waals surface area contributed by atoms with E-state index in [4.69, 9.17) is 22.2 Å². The summed E-state index contributed by atoms with van der Waals surface area (Å²) < 4.78 is 7.04. The lowest BCUT2D eigenvalue weighted by Gasteiger charge is -2.04. The van der Waals surface area contributed by atoms with Gasteiger partial charge in [0.25, 0.3) is 0 Å². The smallest absolute Gasteiger partial charge is 0.220 e. The number of carbonyl (C=O) groups is 1. The minimum absolute atomic E-state index is 0.191. The zero-order chi connectivity index (χ0) is 14.1. The number of halogens is 1. The number of ether oxygens (including phenoxy) is 1. The second kappa shape index (κ2) is 5.02. The molecule has 1 amide bonds. The van der Waals surface area contributed by atoms with Crippen LogP contribution in [0.1, 0.15) is 6.42 Å². The van der Waals surface area contributed by atoms with Gasteiger partial charge in [-0.1, -0.05) is 0 Å². The summed E-state index contributed by atoms with van der Waals surface area (Å²) in [5, 5.41) is 1.91. The number of nitrogens with zero attached hydrogens (tertiary/aromatic N) is 2. The fourth-order valence-corrected chi connectivity index (χ4v) is 2.42. The van der Waals surface area contributed by atoms with Gasteiger partial charge in [0.05, 0.1) is 18.5 Å². The molecule has 3 rings (SSSR count). The first kappa shape index (κ1) is 12.7. The minimum atomic E-state index is -0.382. The number of primary amides is 1. The van der Waals surface area contributed by atoms with Gasteiger partial charge >= 0.3 is 0 Å². The largest absolute Gasteiger partial charge is 0.493 e. The Labute approximate surface area is 120 Å². The van der Waals surface area contributed by atoms with E-state index in [0.29, 0.717) is 11.4 Å². The molecule has 0 saturated carbocycles. The van der Waals surface area contributed by atoms with Gasteiger partial charge in [0.1, 0.15) is 5.75 Å². The number of amides is 1. The molecule has 1 aromatic carbocycles. The van der Waals surface area contributed by atoms with Gasteiger partial charge in [0.15, 0.2) is 5.65 Å². The number of benzene rings is 1. The highest BCUT2D eigenvalue weighted by Crippen LogP contribution is 2.31. The van der Waals surface area contributed by atoms with E-state index in [2.05, 4.69) is 4.98 Å². The van der Waals surface area contributed by atoms with Crippen LogP contribution in [0, 0.1) is 0 Å². The second-order valence-electron chi connectivity index (χ2n) is 4.40. The van der Waals surface area contributed by atoms with E-state index in [1.54, 1.807) is 12.3 Å². The first-order chi connectivity index (χ1) is 9.66. The van der Waals surface area contributed by atoms with E-state index in [0.717, 1.165) is 16.3 Å². The third-order valence-electron chi connectivity index (χ3n) is 3.06. The average molecular weight is 290 g/mol. The van der Waals surface area contributed by atoms with Crippen molar-refractivity contribution in [2.75, 3.05) is 6.61 Å². The highest BCUT2D eigenvalue weighted by atomic mass is 35.5. The Balaban J connectivity index is 2.02. The Morgan fingerprint density at radius 3 is 3.00 bits per heavy atom. The first-order valence-corrected chi connectivity index (χ1v) is 6.47. The van der Waals surface area contributed by atoms with Gasteiger partial charge in [0.2, 0.25) is 5.91 Å². The van der Waals surface area contributed by atoms with Crippen molar-refractivity contribution in [2.24, 2.45) is 5.73 Å². The molecule has 2 aromatic heterocycles. The van der Waals surface area contributed by atoms with Crippen molar-refractivity contribution in [2.45, 2.75) is 6.42 Å². The molecular formula is C14H12ClN3O2. The molecule has 6 heteroatoms. The first-order valence-electron chi connectivity index (χ1n) is 6.13. The molecule has 2 heterocycles. The Morgan fingerprint density at radius 1 is 1.35 bits per heavy atom. The number of hydrogen-bond acceptors (Lipinski definition) is 3. The lowest BCUT2D eigenvalue weighted by molar-refractivity contribution is -0.118. The summed E-state index contributed by atoms with van der Waals surface area (Å²) in [7, 11) is 0. The molecule has 102 valence electrons. The standard InChI is InChI=1S/C14H12ClN3O2/c15-18-12-4-3-9(20-7-5-13(16)19)8-11(12)10-2-1-6-17-14(10)18/h1-4,6,8H,5,7H2,(H2,16,19). The fourth-order valence-electron chi connectivity index (χ4n) is 2.14. The maximum Gasteiger partial charge on any atom is 0.220 e. The van der Waals surface area contributed by atoms with Crippen molar-refractivity contribution in [3.8, 4) is 5.75 Å². The van der Waals surface area contributed by atoms with Crippen LogP contribution in [0.5, 0.6) is 5.75 Å². The fraction of sp³-hybridized carbons (Fsp3) is 0.143. The van der Waals surface area contributed by atoms with E-state index >= 15 is 0 Å². The predicted octanol–water partition coefficient (Wildman–Crippen LogP) is 2.45. The maximum absolute atomic E-state index is 10.7. The quantitative estimate of drug-likeness (QED) is 0.802. The molecule has 0 radical (unpaired) electrons. The number of hydrogen-bond donors (Lipinski definition) is 1.